The van der Waals surface area contributed by atoms with Gasteiger partial charge in [0, 0.05) is 52.5 Å². The Morgan fingerprint density at radius 2 is 1.93 bits per heavy atom. The van der Waals surface area contributed by atoms with E-state index in [0.717, 1.165) is 47.4 Å². The van der Waals surface area contributed by atoms with E-state index >= 15 is 0 Å². The van der Waals surface area contributed by atoms with Crippen LogP contribution in [0.25, 0.3) is 27.7 Å². The standard InChI is InChI=1S/C24H22ClN3O/c1-15-3-5-18(21(25)11-15)16-7-10-28(24(29)12-16)17-4-6-19-20-8-9-27(2)14-23(20)26-22(19)13-17/h3-7,10-13,26H,8-9,14H2,1-2H3. The van der Waals surface area contributed by atoms with Crippen LogP contribution in [0, 0.1) is 6.92 Å². The Balaban J connectivity index is 1.55. The van der Waals surface area contributed by atoms with E-state index in [9.17, 15) is 4.79 Å². The smallest absolute Gasteiger partial charge is 0.255 e. The van der Waals surface area contributed by atoms with Gasteiger partial charge in [0.05, 0.1) is 5.69 Å². The van der Waals surface area contributed by atoms with E-state index in [1.54, 1.807) is 10.6 Å². The third-order valence-electron chi connectivity index (χ3n) is 5.78. The number of aryl methyl sites for hydroxylation is 1. The van der Waals surface area contributed by atoms with Gasteiger partial charge in [-0.15, -0.1) is 0 Å². The molecule has 4 aromatic rings. The van der Waals surface area contributed by atoms with Crippen LogP contribution in [-0.2, 0) is 13.0 Å². The summed E-state index contributed by atoms with van der Waals surface area (Å²) in [4.78, 5) is 18.7. The molecule has 0 fully saturated rings. The van der Waals surface area contributed by atoms with Crippen LogP contribution >= 0.6 is 11.6 Å². The molecule has 0 spiro atoms. The SMILES string of the molecule is Cc1ccc(-c2ccn(-c3ccc4c5c([nH]c4c3)CN(C)CC5)c(=O)c2)c(Cl)c1. The molecule has 29 heavy (non-hydrogen) atoms. The minimum absolute atomic E-state index is 0.0745. The molecule has 3 heterocycles. The largest absolute Gasteiger partial charge is 0.357 e. The number of fused-ring (bicyclic) bond motifs is 3. The summed E-state index contributed by atoms with van der Waals surface area (Å²) in [6.07, 6.45) is 2.88. The van der Waals surface area contributed by atoms with Gasteiger partial charge in [0.2, 0.25) is 0 Å². The van der Waals surface area contributed by atoms with E-state index in [4.69, 9.17) is 11.6 Å². The molecule has 2 aromatic carbocycles. The summed E-state index contributed by atoms with van der Waals surface area (Å²) in [5.41, 5.74) is 7.35. The normalized spacial score (nSPS) is 14.3. The molecule has 146 valence electrons. The monoisotopic (exact) mass is 403 g/mol. The highest BCUT2D eigenvalue weighted by molar-refractivity contribution is 6.33. The molecule has 0 radical (unpaired) electrons. The summed E-state index contributed by atoms with van der Waals surface area (Å²) < 4.78 is 1.68. The topological polar surface area (TPSA) is 41.0 Å². The van der Waals surface area contributed by atoms with Crippen molar-refractivity contribution in [1.29, 1.82) is 0 Å². The van der Waals surface area contributed by atoms with E-state index in [0.29, 0.717) is 5.02 Å². The lowest BCUT2D eigenvalue weighted by molar-refractivity contribution is 0.310. The quantitative estimate of drug-likeness (QED) is 0.515. The molecule has 2 aromatic heterocycles. The fraction of sp³-hybridized carbons (Fsp3) is 0.208. The van der Waals surface area contributed by atoms with Gasteiger partial charge >= 0.3 is 0 Å². The van der Waals surface area contributed by atoms with E-state index in [-0.39, 0.29) is 5.56 Å². The Morgan fingerprint density at radius 3 is 2.72 bits per heavy atom. The van der Waals surface area contributed by atoms with Crippen molar-refractivity contribution in [2.75, 3.05) is 13.6 Å². The number of hydrogen-bond acceptors (Lipinski definition) is 2. The molecular weight excluding hydrogens is 382 g/mol. The molecule has 1 aliphatic heterocycles. The van der Waals surface area contributed by atoms with E-state index in [1.807, 2.05) is 43.5 Å². The third-order valence-corrected chi connectivity index (χ3v) is 6.10. The lowest BCUT2D eigenvalue weighted by Crippen LogP contribution is -2.26. The number of hydrogen-bond donors (Lipinski definition) is 1. The Morgan fingerprint density at radius 1 is 1.07 bits per heavy atom. The average molecular weight is 404 g/mol. The molecule has 1 N–H and O–H groups in total. The zero-order valence-corrected chi connectivity index (χ0v) is 17.3. The molecule has 0 aliphatic carbocycles. The van der Waals surface area contributed by atoms with Crippen LogP contribution in [0.4, 0.5) is 0 Å². The van der Waals surface area contributed by atoms with Crippen molar-refractivity contribution in [2.45, 2.75) is 19.9 Å². The number of halogens is 1. The highest BCUT2D eigenvalue weighted by atomic mass is 35.5. The number of aromatic amines is 1. The van der Waals surface area contributed by atoms with Crippen LogP contribution in [0.15, 0.2) is 59.5 Å². The zero-order chi connectivity index (χ0) is 20.1. The second-order valence-electron chi connectivity index (χ2n) is 7.91. The van der Waals surface area contributed by atoms with E-state index in [2.05, 4.69) is 29.1 Å². The maximum absolute atomic E-state index is 12.9. The van der Waals surface area contributed by atoms with Crippen LogP contribution < -0.4 is 5.56 Å². The first-order valence-corrected chi connectivity index (χ1v) is 10.2. The highest BCUT2D eigenvalue weighted by Crippen LogP contribution is 2.30. The average Bonchev–Trinajstić information content (AvgIpc) is 3.04. The first kappa shape index (κ1) is 18.2. The summed E-state index contributed by atoms with van der Waals surface area (Å²) >= 11 is 6.38. The molecule has 5 rings (SSSR count). The van der Waals surface area contributed by atoms with E-state index < -0.39 is 0 Å². The van der Waals surface area contributed by atoms with Gasteiger partial charge in [-0.2, -0.15) is 0 Å². The number of aromatic nitrogens is 2. The number of pyridine rings is 1. The van der Waals surface area contributed by atoms with Gasteiger partial charge in [-0.25, -0.2) is 0 Å². The Hall–Kier alpha value is -2.82. The van der Waals surface area contributed by atoms with Crippen molar-refractivity contribution < 1.29 is 0 Å². The van der Waals surface area contributed by atoms with Crippen molar-refractivity contribution >= 4 is 22.5 Å². The highest BCUT2D eigenvalue weighted by Gasteiger charge is 2.18. The number of benzene rings is 2. The van der Waals surface area contributed by atoms with Crippen molar-refractivity contribution in [2.24, 2.45) is 0 Å². The Bertz CT molecular complexity index is 1300. The van der Waals surface area contributed by atoms with Crippen LogP contribution in [0.3, 0.4) is 0 Å². The van der Waals surface area contributed by atoms with Gasteiger partial charge < -0.3 is 9.88 Å². The summed E-state index contributed by atoms with van der Waals surface area (Å²) in [6.45, 7) is 4.01. The van der Waals surface area contributed by atoms with Crippen molar-refractivity contribution in [3.8, 4) is 16.8 Å². The van der Waals surface area contributed by atoms with Gasteiger partial charge in [0.25, 0.3) is 5.56 Å². The fourth-order valence-electron chi connectivity index (χ4n) is 4.24. The molecule has 0 atom stereocenters. The molecule has 0 unspecified atom stereocenters. The molecule has 1 aliphatic rings. The van der Waals surface area contributed by atoms with E-state index in [1.165, 1.54) is 16.6 Å². The summed E-state index contributed by atoms with van der Waals surface area (Å²) in [5.74, 6) is 0. The second-order valence-corrected chi connectivity index (χ2v) is 8.31. The summed E-state index contributed by atoms with van der Waals surface area (Å²) in [6, 6.07) is 15.7. The molecule has 5 heteroatoms. The first-order valence-electron chi connectivity index (χ1n) is 9.81. The predicted octanol–water partition coefficient (Wildman–Crippen LogP) is 4.94. The summed E-state index contributed by atoms with van der Waals surface area (Å²) in [5, 5.41) is 1.92. The molecule has 0 amide bonds. The summed E-state index contributed by atoms with van der Waals surface area (Å²) in [7, 11) is 2.14. The van der Waals surface area contributed by atoms with Crippen LogP contribution in [0.5, 0.6) is 0 Å². The third kappa shape index (κ3) is 3.18. The number of nitrogens with zero attached hydrogens (tertiary/aromatic N) is 2. The Labute approximate surface area is 174 Å². The predicted molar refractivity (Wildman–Crippen MR) is 119 cm³/mol. The Kier molecular flexibility index (Phi) is 4.34. The molecule has 4 nitrogen and oxygen atoms in total. The first-order chi connectivity index (χ1) is 14.0. The second kappa shape index (κ2) is 6.90. The molecule has 0 bridgehead atoms. The van der Waals surface area contributed by atoms with Gasteiger partial charge in [-0.3, -0.25) is 9.36 Å². The van der Waals surface area contributed by atoms with Crippen molar-refractivity contribution in [3.63, 3.8) is 0 Å². The minimum atomic E-state index is -0.0745. The lowest BCUT2D eigenvalue weighted by Gasteiger charge is -2.22. The maximum Gasteiger partial charge on any atom is 0.255 e. The van der Waals surface area contributed by atoms with Gasteiger partial charge in [0.1, 0.15) is 0 Å². The lowest BCUT2D eigenvalue weighted by atomic mass is 10.0. The number of rotatable bonds is 2. The molecule has 0 saturated heterocycles. The van der Waals surface area contributed by atoms with Crippen molar-refractivity contribution in [3.05, 3.63) is 86.9 Å². The van der Waals surface area contributed by atoms with Gasteiger partial charge in [-0.05, 0) is 61.3 Å². The van der Waals surface area contributed by atoms with Crippen molar-refractivity contribution in [1.82, 2.24) is 14.5 Å². The number of nitrogens with one attached hydrogen (secondary N) is 1. The fourth-order valence-corrected chi connectivity index (χ4v) is 4.58. The molecule has 0 saturated carbocycles. The van der Waals surface area contributed by atoms with Crippen LogP contribution in [-0.4, -0.2) is 28.0 Å². The van der Waals surface area contributed by atoms with Crippen LogP contribution in [0.1, 0.15) is 16.8 Å². The number of likely N-dealkylation sites (N-methyl/N-ethyl adjacent to an activating group) is 1. The van der Waals surface area contributed by atoms with Gasteiger partial charge in [0.15, 0.2) is 0 Å². The van der Waals surface area contributed by atoms with Crippen LogP contribution in [0.2, 0.25) is 5.02 Å². The number of H-pyrrole nitrogens is 1. The zero-order valence-electron chi connectivity index (χ0n) is 16.5. The van der Waals surface area contributed by atoms with Gasteiger partial charge in [-0.1, -0.05) is 29.8 Å². The maximum atomic E-state index is 12.9. The minimum Gasteiger partial charge on any atom is -0.357 e. The molecular formula is C24H22ClN3O.